The van der Waals surface area contributed by atoms with Gasteiger partial charge in [-0.1, -0.05) is 47.0 Å². The highest BCUT2D eigenvalue weighted by Gasteiger charge is 2.41. The normalized spacial score (nSPS) is 34.9. The summed E-state index contributed by atoms with van der Waals surface area (Å²) in [6.45, 7) is 13.0. The molecular weight excluding hydrogens is 256 g/mol. The molecule has 1 aliphatic carbocycles. The van der Waals surface area contributed by atoms with Crippen molar-refractivity contribution in [1.29, 1.82) is 0 Å². The lowest BCUT2D eigenvalue weighted by Gasteiger charge is -2.49. The fourth-order valence-electron chi connectivity index (χ4n) is 4.61. The van der Waals surface area contributed by atoms with Gasteiger partial charge in [0.1, 0.15) is 0 Å². The standard InChI is InChI=1S/C19H38N2/c1-5-18(4)11-13-21(14-12-18)19(15-20)9-6-7-17(8-10-19)16(2)3/h16-17H,5-15,20H2,1-4H3. The minimum absolute atomic E-state index is 0.318. The molecule has 0 aromatic heterocycles. The van der Waals surface area contributed by atoms with E-state index >= 15 is 0 Å². The molecule has 0 aromatic carbocycles. The van der Waals surface area contributed by atoms with E-state index in [0.717, 1.165) is 18.4 Å². The van der Waals surface area contributed by atoms with E-state index in [9.17, 15) is 0 Å². The van der Waals surface area contributed by atoms with Crippen LogP contribution >= 0.6 is 0 Å². The number of hydrogen-bond acceptors (Lipinski definition) is 2. The van der Waals surface area contributed by atoms with Crippen LogP contribution in [0.3, 0.4) is 0 Å². The zero-order chi connectivity index (χ0) is 15.5. The summed E-state index contributed by atoms with van der Waals surface area (Å²) in [6.07, 6.45) is 10.9. The maximum atomic E-state index is 6.32. The van der Waals surface area contributed by atoms with Crippen molar-refractivity contribution in [1.82, 2.24) is 4.90 Å². The van der Waals surface area contributed by atoms with Gasteiger partial charge in [0, 0.05) is 12.1 Å². The monoisotopic (exact) mass is 294 g/mol. The van der Waals surface area contributed by atoms with Gasteiger partial charge < -0.3 is 5.73 Å². The van der Waals surface area contributed by atoms with Crippen molar-refractivity contribution in [3.63, 3.8) is 0 Å². The van der Waals surface area contributed by atoms with Crippen LogP contribution < -0.4 is 5.73 Å². The molecule has 2 fully saturated rings. The lowest BCUT2D eigenvalue weighted by molar-refractivity contribution is 0.0148. The van der Waals surface area contributed by atoms with Crippen molar-refractivity contribution in [2.45, 2.75) is 84.6 Å². The van der Waals surface area contributed by atoms with Gasteiger partial charge in [0.25, 0.3) is 0 Å². The average molecular weight is 295 g/mol. The van der Waals surface area contributed by atoms with Gasteiger partial charge in [0.2, 0.25) is 0 Å². The zero-order valence-corrected chi connectivity index (χ0v) is 15.0. The van der Waals surface area contributed by atoms with Gasteiger partial charge in [-0.2, -0.15) is 0 Å². The number of rotatable bonds is 4. The van der Waals surface area contributed by atoms with Crippen molar-refractivity contribution in [2.75, 3.05) is 19.6 Å². The summed E-state index contributed by atoms with van der Waals surface area (Å²) in [5.74, 6) is 1.76. The van der Waals surface area contributed by atoms with E-state index in [1.54, 1.807) is 0 Å². The SMILES string of the molecule is CCC1(C)CCN(C2(CN)CCCC(C(C)C)CC2)CC1. The molecule has 2 rings (SSSR count). The third-order valence-electron chi connectivity index (χ3n) is 7.02. The number of nitrogens with two attached hydrogens (primary N) is 1. The summed E-state index contributed by atoms with van der Waals surface area (Å²) in [5, 5.41) is 0. The van der Waals surface area contributed by atoms with E-state index in [2.05, 4.69) is 32.6 Å². The maximum absolute atomic E-state index is 6.32. The van der Waals surface area contributed by atoms with Crippen molar-refractivity contribution < 1.29 is 0 Å². The lowest BCUT2D eigenvalue weighted by atomic mass is 9.76. The van der Waals surface area contributed by atoms with Gasteiger partial charge in [0.15, 0.2) is 0 Å². The predicted octanol–water partition coefficient (Wildman–Crippen LogP) is 4.43. The molecule has 2 unspecified atom stereocenters. The maximum Gasteiger partial charge on any atom is 0.0331 e. The molecule has 2 nitrogen and oxygen atoms in total. The summed E-state index contributed by atoms with van der Waals surface area (Å²) in [6, 6.07) is 0. The second-order valence-corrected chi connectivity index (χ2v) is 8.51. The number of likely N-dealkylation sites (tertiary alicyclic amines) is 1. The highest BCUT2D eigenvalue weighted by atomic mass is 15.2. The number of hydrogen-bond donors (Lipinski definition) is 1. The second kappa shape index (κ2) is 7.00. The minimum Gasteiger partial charge on any atom is -0.329 e. The van der Waals surface area contributed by atoms with Crippen LogP contribution in [0.1, 0.15) is 79.1 Å². The molecular formula is C19H38N2. The molecule has 1 saturated heterocycles. The molecule has 1 saturated carbocycles. The van der Waals surface area contributed by atoms with Crippen molar-refractivity contribution in [3.8, 4) is 0 Å². The summed E-state index contributed by atoms with van der Waals surface area (Å²) < 4.78 is 0. The molecule has 1 aliphatic heterocycles. The Bertz CT molecular complexity index is 318. The van der Waals surface area contributed by atoms with Crippen molar-refractivity contribution in [3.05, 3.63) is 0 Å². The third-order valence-corrected chi connectivity index (χ3v) is 7.02. The minimum atomic E-state index is 0.318. The lowest BCUT2D eigenvalue weighted by Crippen LogP contribution is -2.57. The molecule has 0 radical (unpaired) electrons. The molecule has 124 valence electrons. The predicted molar refractivity (Wildman–Crippen MR) is 92.4 cm³/mol. The van der Waals surface area contributed by atoms with Crippen LogP contribution in [0.2, 0.25) is 0 Å². The topological polar surface area (TPSA) is 29.3 Å². The highest BCUT2D eigenvalue weighted by molar-refractivity contribution is 4.97. The Morgan fingerprint density at radius 2 is 1.76 bits per heavy atom. The van der Waals surface area contributed by atoms with Gasteiger partial charge in [0.05, 0.1) is 0 Å². The summed E-state index contributed by atoms with van der Waals surface area (Å²) in [5.41, 5.74) is 7.22. The van der Waals surface area contributed by atoms with Gasteiger partial charge in [-0.15, -0.1) is 0 Å². The van der Waals surface area contributed by atoms with E-state index in [1.807, 2.05) is 0 Å². The third kappa shape index (κ3) is 3.82. The van der Waals surface area contributed by atoms with E-state index < -0.39 is 0 Å². The zero-order valence-electron chi connectivity index (χ0n) is 15.0. The molecule has 0 spiro atoms. The van der Waals surface area contributed by atoms with Crippen LogP contribution in [0, 0.1) is 17.3 Å². The Hall–Kier alpha value is -0.0800. The molecule has 2 N–H and O–H groups in total. The first-order chi connectivity index (χ1) is 9.95. The molecule has 0 aromatic rings. The quantitative estimate of drug-likeness (QED) is 0.777. The summed E-state index contributed by atoms with van der Waals surface area (Å²) in [7, 11) is 0. The largest absolute Gasteiger partial charge is 0.329 e. The molecule has 2 atom stereocenters. The van der Waals surface area contributed by atoms with Crippen LogP contribution in [0.25, 0.3) is 0 Å². The summed E-state index contributed by atoms with van der Waals surface area (Å²) >= 11 is 0. The van der Waals surface area contributed by atoms with Crippen molar-refractivity contribution >= 4 is 0 Å². The molecule has 2 aliphatic rings. The van der Waals surface area contributed by atoms with E-state index in [4.69, 9.17) is 5.73 Å². The number of nitrogens with zero attached hydrogens (tertiary/aromatic N) is 1. The highest BCUT2D eigenvalue weighted by Crippen LogP contribution is 2.41. The Morgan fingerprint density at radius 1 is 1.10 bits per heavy atom. The van der Waals surface area contributed by atoms with Gasteiger partial charge >= 0.3 is 0 Å². The fraction of sp³-hybridized carbons (Fsp3) is 1.00. The Balaban J connectivity index is 2.02. The summed E-state index contributed by atoms with van der Waals surface area (Å²) in [4.78, 5) is 2.78. The first-order valence-electron chi connectivity index (χ1n) is 9.40. The molecule has 0 bridgehead atoms. The van der Waals surface area contributed by atoms with Gasteiger partial charge in [-0.05, 0) is 62.4 Å². The fourth-order valence-corrected chi connectivity index (χ4v) is 4.61. The first-order valence-corrected chi connectivity index (χ1v) is 9.40. The van der Waals surface area contributed by atoms with Crippen LogP contribution in [0.5, 0.6) is 0 Å². The molecule has 2 heteroatoms. The van der Waals surface area contributed by atoms with Gasteiger partial charge in [-0.3, -0.25) is 4.90 Å². The smallest absolute Gasteiger partial charge is 0.0331 e. The average Bonchev–Trinajstić information content (AvgIpc) is 2.71. The number of piperidine rings is 1. The molecule has 1 heterocycles. The Kier molecular flexibility index (Phi) is 5.76. The molecule has 21 heavy (non-hydrogen) atoms. The van der Waals surface area contributed by atoms with E-state index in [1.165, 1.54) is 64.5 Å². The molecule has 0 amide bonds. The van der Waals surface area contributed by atoms with Gasteiger partial charge in [-0.25, -0.2) is 0 Å². The van der Waals surface area contributed by atoms with Crippen molar-refractivity contribution in [2.24, 2.45) is 23.0 Å². The van der Waals surface area contributed by atoms with E-state index in [-0.39, 0.29) is 0 Å². The Morgan fingerprint density at radius 3 is 2.29 bits per heavy atom. The van der Waals surface area contributed by atoms with Crippen LogP contribution in [0.4, 0.5) is 0 Å². The first kappa shape index (κ1) is 17.3. The Labute approximate surface area is 132 Å². The van der Waals surface area contributed by atoms with Crippen LogP contribution in [-0.4, -0.2) is 30.1 Å². The van der Waals surface area contributed by atoms with Crippen LogP contribution in [-0.2, 0) is 0 Å². The van der Waals surface area contributed by atoms with E-state index in [0.29, 0.717) is 11.0 Å². The van der Waals surface area contributed by atoms with Crippen LogP contribution in [0.15, 0.2) is 0 Å². The second-order valence-electron chi connectivity index (χ2n) is 8.51.